The number of fused-ring (bicyclic) bond motifs is 1. The van der Waals surface area contributed by atoms with Crippen molar-refractivity contribution in [2.45, 2.75) is 32.2 Å². The van der Waals surface area contributed by atoms with Crippen LogP contribution in [0.15, 0.2) is 46.0 Å². The lowest BCUT2D eigenvalue weighted by molar-refractivity contribution is 0.200. The lowest BCUT2D eigenvalue weighted by Gasteiger charge is -2.18. The van der Waals surface area contributed by atoms with Crippen LogP contribution in [0.25, 0.3) is 11.0 Å². The highest BCUT2D eigenvalue weighted by molar-refractivity contribution is 7.90. The topological polar surface area (TPSA) is 119 Å². The summed E-state index contributed by atoms with van der Waals surface area (Å²) in [6.45, 7) is 4.80. The Hall–Kier alpha value is -3.44. The maximum Gasteiger partial charge on any atom is 0.413 e. The van der Waals surface area contributed by atoms with Gasteiger partial charge in [0, 0.05) is 0 Å². The third-order valence-electron chi connectivity index (χ3n) is 5.02. The lowest BCUT2D eigenvalue weighted by Crippen LogP contribution is -2.29. The maximum atomic E-state index is 15.2. The quantitative estimate of drug-likeness (QED) is 0.402. The van der Waals surface area contributed by atoms with Gasteiger partial charge in [0.1, 0.15) is 5.76 Å². The molecule has 0 saturated carbocycles. The number of hydrogen-bond donors (Lipinski definition) is 1. The lowest BCUT2D eigenvalue weighted by atomic mass is 10.1. The van der Waals surface area contributed by atoms with Gasteiger partial charge >= 0.3 is 6.09 Å². The van der Waals surface area contributed by atoms with Crippen molar-refractivity contribution in [1.29, 1.82) is 0 Å². The summed E-state index contributed by atoms with van der Waals surface area (Å²) in [7, 11) is -4.31. The number of rotatable bonds is 5. The summed E-state index contributed by atoms with van der Waals surface area (Å²) < 4.78 is 48.1. The Kier molecular flexibility index (Phi) is 5.62. The molecular formula is C21H18ClFN4O5S. The molecule has 0 radical (unpaired) electrons. The molecule has 0 atom stereocenters. The average molecular weight is 493 g/mol. The molecule has 33 heavy (non-hydrogen) atoms. The smallest absolute Gasteiger partial charge is 0.413 e. The van der Waals surface area contributed by atoms with Crippen LogP contribution in [0.2, 0.25) is 5.28 Å². The number of carboxylic acid groups (broad SMARTS) is 1. The van der Waals surface area contributed by atoms with E-state index in [2.05, 4.69) is 9.97 Å². The molecule has 0 aliphatic rings. The molecule has 3 heterocycles. The Balaban J connectivity index is 1.97. The Bertz CT molecular complexity index is 1480. The van der Waals surface area contributed by atoms with E-state index in [-0.39, 0.29) is 22.8 Å². The maximum absolute atomic E-state index is 15.2. The van der Waals surface area contributed by atoms with Gasteiger partial charge in [0.05, 0.1) is 29.3 Å². The molecule has 1 amide bonds. The number of aromatic nitrogens is 3. The molecule has 9 nitrogen and oxygen atoms in total. The highest BCUT2D eigenvalue weighted by atomic mass is 35.5. The number of anilines is 1. The van der Waals surface area contributed by atoms with E-state index in [1.165, 1.54) is 12.3 Å². The molecule has 0 spiro atoms. The molecule has 0 saturated heterocycles. The Morgan fingerprint density at radius 3 is 2.48 bits per heavy atom. The molecule has 0 fully saturated rings. The van der Waals surface area contributed by atoms with E-state index in [0.29, 0.717) is 20.0 Å². The molecule has 1 aromatic carbocycles. The standard InChI is InChI=1S/C21H18ClFN4O5S/c1-11-7-12(2)17(13(3)8-11)33(30,31)27-10-15(23)16-18(24-20(22)25-19(16)27)26(21(28)29)9-14-5-4-6-32-14/h4-8,10H,9H2,1-3H3,(H,28,29). The predicted octanol–water partition coefficient (Wildman–Crippen LogP) is 4.66. The van der Waals surface area contributed by atoms with Gasteiger partial charge in [-0.3, -0.25) is 4.90 Å². The normalized spacial score (nSPS) is 11.8. The molecule has 172 valence electrons. The summed E-state index contributed by atoms with van der Waals surface area (Å²) in [5.41, 5.74) is 1.43. The van der Waals surface area contributed by atoms with Crippen molar-refractivity contribution >= 4 is 44.6 Å². The van der Waals surface area contributed by atoms with Crippen molar-refractivity contribution in [3.05, 3.63) is 70.3 Å². The fourth-order valence-electron chi connectivity index (χ4n) is 3.86. The molecule has 12 heteroatoms. The van der Waals surface area contributed by atoms with Crippen LogP contribution in [-0.2, 0) is 16.6 Å². The minimum Gasteiger partial charge on any atom is -0.467 e. The van der Waals surface area contributed by atoms with Crippen LogP contribution in [0.4, 0.5) is 15.0 Å². The van der Waals surface area contributed by atoms with Crippen LogP contribution < -0.4 is 4.90 Å². The summed E-state index contributed by atoms with van der Waals surface area (Å²) in [6.07, 6.45) is 0.621. The van der Waals surface area contributed by atoms with Crippen LogP contribution in [0.3, 0.4) is 0 Å². The molecule has 3 aromatic heterocycles. The van der Waals surface area contributed by atoms with Crippen LogP contribution >= 0.6 is 11.6 Å². The second-order valence-electron chi connectivity index (χ2n) is 7.47. The van der Waals surface area contributed by atoms with Crippen molar-refractivity contribution < 1.29 is 27.1 Å². The summed E-state index contributed by atoms with van der Waals surface area (Å²) in [6, 6.07) is 6.49. The van der Waals surface area contributed by atoms with E-state index in [9.17, 15) is 18.3 Å². The van der Waals surface area contributed by atoms with Gasteiger partial charge in [0.25, 0.3) is 10.0 Å². The zero-order valence-electron chi connectivity index (χ0n) is 17.7. The summed E-state index contributed by atoms with van der Waals surface area (Å²) in [5.74, 6) is -1.16. The zero-order valence-corrected chi connectivity index (χ0v) is 19.3. The average Bonchev–Trinajstić information content (AvgIpc) is 3.32. The fraction of sp³-hybridized carbons (Fsp3) is 0.190. The first kappa shape index (κ1) is 22.7. The van der Waals surface area contributed by atoms with Crippen LogP contribution in [0.5, 0.6) is 0 Å². The van der Waals surface area contributed by atoms with Crippen molar-refractivity contribution in [3.8, 4) is 0 Å². The van der Waals surface area contributed by atoms with Crippen LogP contribution in [0, 0.1) is 26.6 Å². The Morgan fingerprint density at radius 1 is 1.24 bits per heavy atom. The monoisotopic (exact) mass is 492 g/mol. The summed E-state index contributed by atoms with van der Waals surface area (Å²) >= 11 is 6.02. The molecule has 0 aliphatic heterocycles. The number of carbonyl (C=O) groups is 1. The van der Waals surface area contributed by atoms with E-state index >= 15 is 4.39 Å². The molecule has 4 aromatic rings. The first-order valence-electron chi connectivity index (χ1n) is 9.61. The number of aryl methyl sites for hydroxylation is 3. The predicted molar refractivity (Wildman–Crippen MR) is 119 cm³/mol. The first-order valence-corrected chi connectivity index (χ1v) is 11.4. The van der Waals surface area contributed by atoms with Crippen molar-refractivity contribution in [2.75, 3.05) is 4.90 Å². The number of furan rings is 1. The van der Waals surface area contributed by atoms with Gasteiger partial charge in [-0.1, -0.05) is 17.7 Å². The van der Waals surface area contributed by atoms with Gasteiger partial charge in [0.2, 0.25) is 5.28 Å². The van der Waals surface area contributed by atoms with E-state index in [1.807, 2.05) is 6.92 Å². The zero-order chi connectivity index (χ0) is 24.1. The number of nitrogens with zero attached hydrogens (tertiary/aromatic N) is 4. The number of amides is 1. The third-order valence-corrected chi connectivity index (χ3v) is 7.15. The Morgan fingerprint density at radius 2 is 1.91 bits per heavy atom. The van der Waals surface area contributed by atoms with Gasteiger partial charge in [-0.25, -0.2) is 21.6 Å². The second kappa shape index (κ2) is 8.16. The number of halogens is 2. The molecule has 0 unspecified atom stereocenters. The van der Waals surface area contributed by atoms with Gasteiger partial charge in [-0.15, -0.1) is 0 Å². The third kappa shape index (κ3) is 3.93. The van der Waals surface area contributed by atoms with Crippen molar-refractivity contribution in [1.82, 2.24) is 13.9 Å². The second-order valence-corrected chi connectivity index (χ2v) is 9.56. The van der Waals surface area contributed by atoms with Crippen molar-refractivity contribution in [3.63, 3.8) is 0 Å². The number of benzene rings is 1. The van der Waals surface area contributed by atoms with Crippen molar-refractivity contribution in [2.24, 2.45) is 0 Å². The fourth-order valence-corrected chi connectivity index (χ4v) is 5.73. The Labute approximate surface area is 193 Å². The van der Waals surface area contributed by atoms with Crippen LogP contribution in [-0.4, -0.2) is 33.6 Å². The van der Waals surface area contributed by atoms with Gasteiger partial charge in [0.15, 0.2) is 17.3 Å². The molecular weight excluding hydrogens is 475 g/mol. The molecule has 0 aliphatic carbocycles. The number of hydrogen-bond acceptors (Lipinski definition) is 6. The van der Waals surface area contributed by atoms with E-state index < -0.39 is 38.4 Å². The summed E-state index contributed by atoms with van der Waals surface area (Å²) in [5, 5.41) is 8.89. The van der Waals surface area contributed by atoms with Gasteiger partial charge in [-0.05, 0) is 55.6 Å². The first-order chi connectivity index (χ1) is 15.5. The van der Waals surface area contributed by atoms with Gasteiger partial charge in [-0.2, -0.15) is 9.97 Å². The molecule has 1 N–H and O–H groups in total. The highest BCUT2D eigenvalue weighted by Crippen LogP contribution is 2.34. The molecule has 0 bridgehead atoms. The van der Waals surface area contributed by atoms with E-state index in [0.717, 1.165) is 11.8 Å². The minimum absolute atomic E-state index is 0.00744. The minimum atomic E-state index is -4.31. The van der Waals surface area contributed by atoms with E-state index in [1.54, 1.807) is 32.0 Å². The largest absolute Gasteiger partial charge is 0.467 e. The SMILES string of the molecule is Cc1cc(C)c(S(=O)(=O)n2cc(F)c3c(N(Cc4ccco4)C(=O)O)nc(Cl)nc32)c(C)c1. The molecule has 4 rings (SSSR count). The van der Waals surface area contributed by atoms with Gasteiger partial charge < -0.3 is 9.52 Å². The van der Waals surface area contributed by atoms with Crippen LogP contribution in [0.1, 0.15) is 22.5 Å². The highest BCUT2D eigenvalue weighted by Gasteiger charge is 2.31. The summed E-state index contributed by atoms with van der Waals surface area (Å²) in [4.78, 5) is 20.5. The van der Waals surface area contributed by atoms with E-state index in [4.69, 9.17) is 16.0 Å².